The molecule has 64 valence electrons. The van der Waals surface area contributed by atoms with Crippen LogP contribution in [0.15, 0.2) is 0 Å². The Balaban J connectivity index is 2.24. The van der Waals surface area contributed by atoms with E-state index >= 15 is 0 Å². The Morgan fingerprint density at radius 3 is 2.55 bits per heavy atom. The van der Waals surface area contributed by atoms with Gasteiger partial charge in [-0.25, -0.2) is 0 Å². The smallest absolute Gasteiger partial charge is 0.319 e. The van der Waals surface area contributed by atoms with Crippen LogP contribution >= 0.6 is 15.9 Å². The predicted octanol–water partition coefficient (Wildman–Crippen LogP) is 2.26. The highest BCUT2D eigenvalue weighted by Crippen LogP contribution is 2.21. The van der Waals surface area contributed by atoms with Crippen LogP contribution in [0.4, 0.5) is 0 Å². The summed E-state index contributed by atoms with van der Waals surface area (Å²) in [6.07, 6.45) is 4.70. The molecule has 0 aromatic carbocycles. The van der Waals surface area contributed by atoms with E-state index in [4.69, 9.17) is 4.74 Å². The van der Waals surface area contributed by atoms with Gasteiger partial charge in [0.2, 0.25) is 0 Å². The summed E-state index contributed by atoms with van der Waals surface area (Å²) in [6, 6.07) is 0. The molecule has 0 aromatic heterocycles. The highest BCUT2D eigenvalue weighted by atomic mass is 79.9. The van der Waals surface area contributed by atoms with Gasteiger partial charge in [0.15, 0.2) is 0 Å². The molecule has 0 heterocycles. The van der Waals surface area contributed by atoms with Crippen LogP contribution in [0.5, 0.6) is 0 Å². The van der Waals surface area contributed by atoms with Crippen molar-refractivity contribution in [1.82, 2.24) is 0 Å². The summed E-state index contributed by atoms with van der Waals surface area (Å²) in [5.74, 6) is -0.128. The van der Waals surface area contributed by atoms with Crippen LogP contribution < -0.4 is 0 Å². The summed E-state index contributed by atoms with van der Waals surface area (Å²) < 4.78 is 5.19. The molecule has 1 aliphatic rings. The number of esters is 1. The minimum absolute atomic E-state index is 0.128. The predicted molar refractivity (Wildman–Crippen MR) is 46.7 cm³/mol. The lowest BCUT2D eigenvalue weighted by Gasteiger charge is -2.11. The molecule has 3 heteroatoms. The molecule has 0 bridgehead atoms. The largest absolute Gasteiger partial charge is 0.462 e. The first-order chi connectivity index (χ1) is 5.20. The van der Waals surface area contributed by atoms with Gasteiger partial charge in [0.25, 0.3) is 0 Å². The van der Waals surface area contributed by atoms with Crippen molar-refractivity contribution in [3.63, 3.8) is 0 Å². The molecule has 1 unspecified atom stereocenters. The van der Waals surface area contributed by atoms with Crippen molar-refractivity contribution in [3.05, 3.63) is 0 Å². The van der Waals surface area contributed by atoms with Crippen LogP contribution in [0.2, 0.25) is 0 Å². The molecule has 11 heavy (non-hydrogen) atoms. The first kappa shape index (κ1) is 9.04. The quantitative estimate of drug-likeness (QED) is 0.528. The monoisotopic (exact) mass is 220 g/mol. The molecule has 1 fully saturated rings. The van der Waals surface area contributed by atoms with Gasteiger partial charge in [0.1, 0.15) is 10.9 Å². The molecule has 0 spiro atoms. The second kappa shape index (κ2) is 4.10. The number of rotatable bonds is 2. The molecule has 2 nitrogen and oxygen atoms in total. The molecule has 1 saturated carbocycles. The zero-order valence-corrected chi connectivity index (χ0v) is 8.26. The molecular formula is C8H13BrO2. The van der Waals surface area contributed by atoms with E-state index in [0.29, 0.717) is 0 Å². The van der Waals surface area contributed by atoms with Crippen molar-refractivity contribution in [2.75, 3.05) is 0 Å². The number of hydrogen-bond acceptors (Lipinski definition) is 2. The van der Waals surface area contributed by atoms with Crippen molar-refractivity contribution in [1.29, 1.82) is 0 Å². The van der Waals surface area contributed by atoms with Gasteiger partial charge >= 0.3 is 5.97 Å². The fourth-order valence-electron chi connectivity index (χ4n) is 1.26. The number of alkyl halides is 1. The molecule has 0 aliphatic heterocycles. The van der Waals surface area contributed by atoms with Crippen LogP contribution in [-0.4, -0.2) is 16.9 Å². The molecule has 1 rings (SSSR count). The minimum atomic E-state index is -0.164. The number of carbonyl (C=O) groups is 1. The molecule has 0 N–H and O–H groups in total. The molecule has 0 amide bonds. The molecule has 0 radical (unpaired) electrons. The summed E-state index contributed by atoms with van der Waals surface area (Å²) >= 11 is 3.17. The first-order valence-corrected chi connectivity index (χ1v) is 4.96. The third-order valence-corrected chi connectivity index (χ3v) is 2.28. The topological polar surface area (TPSA) is 26.3 Å². The van der Waals surface area contributed by atoms with Crippen LogP contribution in [0, 0.1) is 0 Å². The Morgan fingerprint density at radius 2 is 2.09 bits per heavy atom. The average molecular weight is 221 g/mol. The van der Waals surface area contributed by atoms with E-state index in [9.17, 15) is 4.79 Å². The van der Waals surface area contributed by atoms with Gasteiger partial charge < -0.3 is 4.74 Å². The van der Waals surface area contributed by atoms with E-state index in [2.05, 4.69) is 15.9 Å². The molecule has 1 aliphatic carbocycles. The fourth-order valence-corrected chi connectivity index (χ4v) is 1.37. The molecular weight excluding hydrogens is 208 g/mol. The third-order valence-electron chi connectivity index (χ3n) is 1.91. The van der Waals surface area contributed by atoms with E-state index in [1.54, 1.807) is 6.92 Å². The Kier molecular flexibility index (Phi) is 3.37. The average Bonchev–Trinajstić information content (AvgIpc) is 2.39. The normalized spacial score (nSPS) is 21.6. The number of hydrogen-bond donors (Lipinski definition) is 0. The molecule has 0 saturated heterocycles. The zero-order valence-electron chi connectivity index (χ0n) is 6.68. The molecule has 0 aromatic rings. The zero-order chi connectivity index (χ0) is 8.27. The van der Waals surface area contributed by atoms with Crippen LogP contribution in [0.1, 0.15) is 32.6 Å². The minimum Gasteiger partial charge on any atom is -0.462 e. The van der Waals surface area contributed by atoms with Crippen molar-refractivity contribution in [3.8, 4) is 0 Å². The van der Waals surface area contributed by atoms with Gasteiger partial charge in [0.05, 0.1) is 0 Å². The van der Waals surface area contributed by atoms with E-state index in [1.807, 2.05) is 0 Å². The SMILES string of the molecule is CC(Br)C(=O)OC1CCCC1. The van der Waals surface area contributed by atoms with E-state index in [-0.39, 0.29) is 16.9 Å². The van der Waals surface area contributed by atoms with Crippen molar-refractivity contribution < 1.29 is 9.53 Å². The second-order valence-corrected chi connectivity index (χ2v) is 4.33. The van der Waals surface area contributed by atoms with Gasteiger partial charge in [-0.1, -0.05) is 15.9 Å². The summed E-state index contributed by atoms with van der Waals surface area (Å²) in [7, 11) is 0. The lowest BCUT2D eigenvalue weighted by molar-refractivity contribution is -0.147. The maximum Gasteiger partial charge on any atom is 0.319 e. The summed E-state index contributed by atoms with van der Waals surface area (Å²) in [5, 5.41) is 0. The maximum atomic E-state index is 11.0. The maximum absolute atomic E-state index is 11.0. The number of carbonyl (C=O) groups excluding carboxylic acids is 1. The van der Waals surface area contributed by atoms with E-state index in [1.165, 1.54) is 12.8 Å². The fraction of sp³-hybridized carbons (Fsp3) is 0.875. The lowest BCUT2D eigenvalue weighted by Crippen LogP contribution is -2.20. The van der Waals surface area contributed by atoms with Crippen molar-refractivity contribution in [2.45, 2.75) is 43.5 Å². The summed E-state index contributed by atoms with van der Waals surface area (Å²) in [6.45, 7) is 1.79. The van der Waals surface area contributed by atoms with Crippen LogP contribution in [0.25, 0.3) is 0 Å². The van der Waals surface area contributed by atoms with Gasteiger partial charge in [-0.3, -0.25) is 4.79 Å². The van der Waals surface area contributed by atoms with Crippen molar-refractivity contribution in [2.24, 2.45) is 0 Å². The van der Waals surface area contributed by atoms with E-state index in [0.717, 1.165) is 12.8 Å². The second-order valence-electron chi connectivity index (χ2n) is 2.96. The standard InChI is InChI=1S/C8H13BrO2/c1-6(9)8(10)11-7-4-2-3-5-7/h6-7H,2-5H2,1H3. The molecule has 1 atom stereocenters. The highest BCUT2D eigenvalue weighted by molar-refractivity contribution is 9.10. The van der Waals surface area contributed by atoms with E-state index < -0.39 is 0 Å². The van der Waals surface area contributed by atoms with Gasteiger partial charge in [-0.15, -0.1) is 0 Å². The Bertz CT molecular complexity index is 139. The number of ether oxygens (including phenoxy) is 1. The first-order valence-electron chi connectivity index (χ1n) is 4.04. The van der Waals surface area contributed by atoms with Gasteiger partial charge in [-0.05, 0) is 32.6 Å². The Hall–Kier alpha value is -0.0500. The highest BCUT2D eigenvalue weighted by Gasteiger charge is 2.20. The van der Waals surface area contributed by atoms with Gasteiger partial charge in [0, 0.05) is 0 Å². The summed E-state index contributed by atoms with van der Waals surface area (Å²) in [5.41, 5.74) is 0. The third kappa shape index (κ3) is 2.81. The van der Waals surface area contributed by atoms with Gasteiger partial charge in [-0.2, -0.15) is 0 Å². The number of halogens is 1. The Labute approximate surface area is 75.4 Å². The summed E-state index contributed by atoms with van der Waals surface area (Å²) in [4.78, 5) is 10.9. The Morgan fingerprint density at radius 1 is 1.55 bits per heavy atom. The lowest BCUT2D eigenvalue weighted by atomic mass is 10.3. The van der Waals surface area contributed by atoms with Crippen molar-refractivity contribution >= 4 is 21.9 Å². The van der Waals surface area contributed by atoms with Crippen LogP contribution in [-0.2, 0) is 9.53 Å². The van der Waals surface area contributed by atoms with Crippen LogP contribution in [0.3, 0.4) is 0 Å².